The normalized spacial score (nSPS) is 9.33. The fraction of sp³-hybridized carbons (Fsp3) is 0. The zero-order valence-corrected chi connectivity index (χ0v) is 6.11. The highest BCUT2D eigenvalue weighted by molar-refractivity contribution is 5.94. The number of carboxylic acids is 1. The zero-order chi connectivity index (χ0) is 9.14. The summed E-state index contributed by atoms with van der Waals surface area (Å²) in [6, 6.07) is 2.75. The van der Waals surface area contributed by atoms with E-state index in [0.29, 0.717) is 0 Å². The number of aromatic nitrogens is 1. The summed E-state index contributed by atoms with van der Waals surface area (Å²) in [4.78, 5) is 14.0. The van der Waals surface area contributed by atoms with Crippen molar-refractivity contribution >= 4 is 11.8 Å². The number of hydrogen-bond acceptors (Lipinski definition) is 3. The molecule has 0 saturated carbocycles. The third-order valence-electron chi connectivity index (χ3n) is 1.29. The molecule has 0 aromatic carbocycles. The van der Waals surface area contributed by atoms with Crippen LogP contribution < -0.4 is 5.73 Å². The molecule has 4 N–H and O–H groups in total. The van der Waals surface area contributed by atoms with Crippen molar-refractivity contribution in [3.05, 3.63) is 29.6 Å². The van der Waals surface area contributed by atoms with Crippen LogP contribution in [0.3, 0.4) is 0 Å². The summed E-state index contributed by atoms with van der Waals surface area (Å²) >= 11 is 0. The maximum absolute atomic E-state index is 10.4. The van der Waals surface area contributed by atoms with Crippen molar-refractivity contribution in [2.45, 2.75) is 0 Å². The van der Waals surface area contributed by atoms with Gasteiger partial charge >= 0.3 is 5.97 Å². The minimum absolute atomic E-state index is 0.0833. The molecule has 12 heavy (non-hydrogen) atoms. The van der Waals surface area contributed by atoms with Crippen molar-refractivity contribution < 1.29 is 9.90 Å². The van der Waals surface area contributed by atoms with Gasteiger partial charge in [-0.1, -0.05) is 0 Å². The molecule has 1 heterocycles. The Kier molecular flexibility index (Phi) is 2.05. The Balaban J connectivity index is 3.01. The average Bonchev–Trinajstić information content (AvgIpc) is 2.04. The Morgan fingerprint density at radius 2 is 2.25 bits per heavy atom. The number of nitrogens with two attached hydrogens (primary N) is 1. The van der Waals surface area contributed by atoms with Gasteiger partial charge < -0.3 is 10.8 Å². The first kappa shape index (κ1) is 8.19. The number of rotatable bonds is 2. The molecule has 5 nitrogen and oxygen atoms in total. The minimum atomic E-state index is -1.04. The van der Waals surface area contributed by atoms with E-state index in [4.69, 9.17) is 16.2 Å². The van der Waals surface area contributed by atoms with E-state index in [9.17, 15) is 4.79 Å². The van der Waals surface area contributed by atoms with Gasteiger partial charge in [-0.15, -0.1) is 0 Å². The van der Waals surface area contributed by atoms with Gasteiger partial charge in [-0.3, -0.25) is 10.4 Å². The van der Waals surface area contributed by atoms with E-state index in [1.54, 1.807) is 0 Å². The van der Waals surface area contributed by atoms with E-state index in [2.05, 4.69) is 4.98 Å². The SMILES string of the molecule is N=C(N)c1ccc(C(=O)O)cn1. The third-order valence-corrected chi connectivity index (χ3v) is 1.29. The number of nitrogens with one attached hydrogen (secondary N) is 1. The number of pyridine rings is 1. The lowest BCUT2D eigenvalue weighted by molar-refractivity contribution is 0.0696. The number of aromatic carboxylic acids is 1. The molecule has 1 aromatic rings. The smallest absolute Gasteiger partial charge is 0.337 e. The van der Waals surface area contributed by atoms with Gasteiger partial charge in [-0.25, -0.2) is 4.79 Å². The monoisotopic (exact) mass is 165 g/mol. The number of amidine groups is 1. The lowest BCUT2D eigenvalue weighted by Crippen LogP contribution is -2.13. The molecule has 1 rings (SSSR count). The van der Waals surface area contributed by atoms with Crippen molar-refractivity contribution in [3.8, 4) is 0 Å². The maximum Gasteiger partial charge on any atom is 0.337 e. The van der Waals surface area contributed by atoms with Gasteiger partial charge in [0.1, 0.15) is 11.5 Å². The van der Waals surface area contributed by atoms with E-state index in [0.717, 1.165) is 0 Å². The second kappa shape index (κ2) is 3.00. The van der Waals surface area contributed by atoms with Crippen molar-refractivity contribution in [2.24, 2.45) is 5.73 Å². The van der Waals surface area contributed by atoms with Crippen LogP contribution in [0.25, 0.3) is 0 Å². The summed E-state index contributed by atoms with van der Waals surface area (Å²) in [5.41, 5.74) is 5.47. The van der Waals surface area contributed by atoms with Crippen LogP contribution in [0.5, 0.6) is 0 Å². The minimum Gasteiger partial charge on any atom is -0.478 e. The van der Waals surface area contributed by atoms with Gasteiger partial charge in [0.25, 0.3) is 0 Å². The molecule has 62 valence electrons. The molecule has 0 atom stereocenters. The van der Waals surface area contributed by atoms with Gasteiger partial charge in [0.15, 0.2) is 0 Å². The first-order valence-electron chi connectivity index (χ1n) is 3.15. The fourth-order valence-corrected chi connectivity index (χ4v) is 0.680. The van der Waals surface area contributed by atoms with Crippen LogP contribution in [0.1, 0.15) is 16.1 Å². The summed E-state index contributed by atoms with van der Waals surface area (Å²) in [5.74, 6) is -1.22. The van der Waals surface area contributed by atoms with Crippen LogP contribution >= 0.6 is 0 Å². The molecular formula is C7H7N3O2. The van der Waals surface area contributed by atoms with Crippen molar-refractivity contribution in [3.63, 3.8) is 0 Å². The summed E-state index contributed by atoms with van der Waals surface area (Å²) in [5, 5.41) is 15.5. The van der Waals surface area contributed by atoms with Crippen molar-refractivity contribution in [2.75, 3.05) is 0 Å². The highest BCUT2D eigenvalue weighted by Gasteiger charge is 2.03. The number of nitrogens with zero attached hydrogens (tertiary/aromatic N) is 1. The van der Waals surface area contributed by atoms with Crippen LogP contribution in [-0.4, -0.2) is 21.9 Å². The zero-order valence-electron chi connectivity index (χ0n) is 6.11. The Labute approximate surface area is 68.4 Å². The molecule has 0 aliphatic rings. The summed E-state index contributed by atoms with van der Waals surface area (Å²) in [6.45, 7) is 0. The third kappa shape index (κ3) is 1.57. The molecule has 0 bridgehead atoms. The lowest BCUT2D eigenvalue weighted by atomic mass is 10.2. The Bertz CT molecular complexity index is 285. The van der Waals surface area contributed by atoms with Crippen LogP contribution in [0.4, 0.5) is 0 Å². The summed E-state index contributed by atoms with van der Waals surface area (Å²) in [7, 11) is 0. The first-order valence-corrected chi connectivity index (χ1v) is 3.15. The molecule has 0 aliphatic carbocycles. The number of carbonyl (C=O) groups is 1. The van der Waals surface area contributed by atoms with Crippen molar-refractivity contribution in [1.82, 2.24) is 4.98 Å². The van der Waals surface area contributed by atoms with Gasteiger partial charge in [0, 0.05) is 6.20 Å². The second-order valence-corrected chi connectivity index (χ2v) is 2.15. The Hall–Kier alpha value is -1.91. The van der Waals surface area contributed by atoms with E-state index < -0.39 is 5.97 Å². The van der Waals surface area contributed by atoms with Gasteiger partial charge in [-0.05, 0) is 12.1 Å². The molecule has 0 saturated heterocycles. The lowest BCUT2D eigenvalue weighted by Gasteiger charge is -1.96. The van der Waals surface area contributed by atoms with Crippen LogP contribution in [0.2, 0.25) is 0 Å². The number of hydrogen-bond donors (Lipinski definition) is 3. The van der Waals surface area contributed by atoms with E-state index in [1.807, 2.05) is 0 Å². The van der Waals surface area contributed by atoms with E-state index >= 15 is 0 Å². The van der Waals surface area contributed by atoms with Crippen LogP contribution in [0, 0.1) is 5.41 Å². The standard InChI is InChI=1S/C7H7N3O2/c8-6(9)5-2-1-4(3-10-5)7(11)12/h1-3H,(H3,8,9)(H,11,12). The molecule has 1 aromatic heterocycles. The van der Waals surface area contributed by atoms with E-state index in [1.165, 1.54) is 18.3 Å². The van der Waals surface area contributed by atoms with Gasteiger partial charge in [-0.2, -0.15) is 0 Å². The molecule has 0 spiro atoms. The second-order valence-electron chi connectivity index (χ2n) is 2.15. The topological polar surface area (TPSA) is 100 Å². The van der Waals surface area contributed by atoms with Crippen molar-refractivity contribution in [1.29, 1.82) is 5.41 Å². The molecule has 0 amide bonds. The summed E-state index contributed by atoms with van der Waals surface area (Å²) in [6.07, 6.45) is 1.17. The number of carboxylic acid groups (broad SMARTS) is 1. The fourth-order valence-electron chi connectivity index (χ4n) is 0.680. The summed E-state index contributed by atoms with van der Waals surface area (Å²) < 4.78 is 0. The quantitative estimate of drug-likeness (QED) is 0.426. The molecule has 0 unspecified atom stereocenters. The first-order chi connectivity index (χ1) is 5.61. The molecular weight excluding hydrogens is 158 g/mol. The van der Waals surface area contributed by atoms with E-state index in [-0.39, 0.29) is 17.1 Å². The van der Waals surface area contributed by atoms with Gasteiger partial charge in [0.2, 0.25) is 0 Å². The molecule has 0 aliphatic heterocycles. The molecule has 0 radical (unpaired) electrons. The average molecular weight is 165 g/mol. The maximum atomic E-state index is 10.4. The van der Waals surface area contributed by atoms with Gasteiger partial charge in [0.05, 0.1) is 5.56 Å². The number of nitrogen functional groups attached to an aromatic ring is 1. The van der Waals surface area contributed by atoms with Crippen LogP contribution in [0.15, 0.2) is 18.3 Å². The highest BCUT2D eigenvalue weighted by atomic mass is 16.4. The molecule has 0 fully saturated rings. The molecule has 5 heteroatoms. The predicted octanol–water partition coefficient (Wildman–Crippen LogP) is 0.0639. The van der Waals surface area contributed by atoms with Crippen LogP contribution in [-0.2, 0) is 0 Å². The largest absolute Gasteiger partial charge is 0.478 e. The highest BCUT2D eigenvalue weighted by Crippen LogP contribution is 1.98. The predicted molar refractivity (Wildman–Crippen MR) is 42.2 cm³/mol. The Morgan fingerprint density at radius 1 is 1.58 bits per heavy atom. The Morgan fingerprint density at radius 3 is 2.58 bits per heavy atom.